The van der Waals surface area contributed by atoms with Gasteiger partial charge >= 0.3 is 0 Å². The van der Waals surface area contributed by atoms with Crippen LogP contribution in [-0.2, 0) is 14.8 Å². The molecule has 3 N–H and O–H groups in total. The molecule has 1 aromatic heterocycles. The van der Waals surface area contributed by atoms with Crippen LogP contribution in [0.15, 0.2) is 83.9 Å². The van der Waals surface area contributed by atoms with E-state index in [1.807, 2.05) is 30.5 Å². The molecular formula is C24H22FN3O3S. The van der Waals surface area contributed by atoms with Gasteiger partial charge in [0.05, 0.1) is 4.90 Å². The van der Waals surface area contributed by atoms with Gasteiger partial charge in [0.2, 0.25) is 15.9 Å². The Labute approximate surface area is 185 Å². The Morgan fingerprint density at radius 1 is 1.00 bits per heavy atom. The summed E-state index contributed by atoms with van der Waals surface area (Å²) in [6.07, 6.45) is 1.86. The van der Waals surface area contributed by atoms with Crippen molar-refractivity contribution in [2.75, 3.05) is 11.9 Å². The lowest BCUT2D eigenvalue weighted by molar-refractivity contribution is -0.114. The van der Waals surface area contributed by atoms with Gasteiger partial charge in [0.15, 0.2) is 0 Å². The van der Waals surface area contributed by atoms with Crippen molar-refractivity contribution in [2.45, 2.75) is 17.7 Å². The second-order valence-electron chi connectivity index (χ2n) is 7.45. The Balaban J connectivity index is 1.63. The number of amides is 1. The van der Waals surface area contributed by atoms with Crippen LogP contribution in [0.4, 0.5) is 10.1 Å². The lowest BCUT2D eigenvalue weighted by Gasteiger charge is -2.18. The summed E-state index contributed by atoms with van der Waals surface area (Å²) in [6, 6.07) is 19.8. The molecule has 0 fully saturated rings. The zero-order valence-corrected chi connectivity index (χ0v) is 18.1. The third kappa shape index (κ3) is 4.71. The molecule has 164 valence electrons. The number of fused-ring (bicyclic) bond motifs is 1. The van der Waals surface area contributed by atoms with E-state index in [4.69, 9.17) is 0 Å². The number of hydrogen-bond acceptors (Lipinski definition) is 3. The molecule has 8 heteroatoms. The van der Waals surface area contributed by atoms with Gasteiger partial charge < -0.3 is 10.3 Å². The number of halogens is 1. The number of rotatable bonds is 7. The first kappa shape index (κ1) is 21.7. The first-order valence-electron chi connectivity index (χ1n) is 10.0. The highest BCUT2D eigenvalue weighted by Gasteiger charge is 2.22. The number of para-hydroxylation sites is 1. The Kier molecular flexibility index (Phi) is 6.07. The number of carbonyl (C=O) groups is 1. The summed E-state index contributed by atoms with van der Waals surface area (Å²) in [5.41, 5.74) is 3.15. The van der Waals surface area contributed by atoms with Crippen LogP contribution < -0.4 is 10.0 Å². The van der Waals surface area contributed by atoms with E-state index in [-0.39, 0.29) is 29.1 Å². The quantitative estimate of drug-likeness (QED) is 0.390. The highest BCUT2D eigenvalue weighted by molar-refractivity contribution is 7.89. The molecule has 0 spiro atoms. The maximum Gasteiger partial charge on any atom is 0.240 e. The SMILES string of the molecule is CC(=O)Nc1ccc(S(=O)(=O)NC[C@@H](c2ccc(F)cc2)c2c[nH]c3ccccc23)cc1. The summed E-state index contributed by atoms with van der Waals surface area (Å²) in [7, 11) is -3.81. The van der Waals surface area contributed by atoms with Gasteiger partial charge in [-0.05, 0) is 53.6 Å². The lowest BCUT2D eigenvalue weighted by Crippen LogP contribution is -2.29. The Bertz CT molecular complexity index is 1350. The zero-order valence-electron chi connectivity index (χ0n) is 17.3. The van der Waals surface area contributed by atoms with Gasteiger partial charge in [0.1, 0.15) is 5.82 Å². The number of hydrogen-bond donors (Lipinski definition) is 3. The summed E-state index contributed by atoms with van der Waals surface area (Å²) in [5, 5.41) is 3.58. The molecule has 32 heavy (non-hydrogen) atoms. The largest absolute Gasteiger partial charge is 0.361 e. The van der Waals surface area contributed by atoms with E-state index in [1.165, 1.54) is 43.3 Å². The topological polar surface area (TPSA) is 91.1 Å². The third-order valence-corrected chi connectivity index (χ3v) is 6.67. The standard InChI is InChI=1S/C24H22FN3O3S/c1-16(29)28-19-10-12-20(13-11-19)32(30,31)27-15-22(17-6-8-18(25)9-7-17)23-14-26-24-5-3-2-4-21(23)24/h2-14,22,26-27H,15H2,1H3,(H,28,29)/t22-/m0/s1. The highest BCUT2D eigenvalue weighted by Crippen LogP contribution is 2.31. The van der Waals surface area contributed by atoms with Crippen molar-refractivity contribution < 1.29 is 17.6 Å². The van der Waals surface area contributed by atoms with Gasteiger partial charge in [-0.15, -0.1) is 0 Å². The van der Waals surface area contributed by atoms with Gasteiger partial charge in [-0.3, -0.25) is 4.79 Å². The van der Waals surface area contributed by atoms with E-state index in [1.54, 1.807) is 12.1 Å². The van der Waals surface area contributed by atoms with Crippen LogP contribution in [0.2, 0.25) is 0 Å². The fourth-order valence-electron chi connectivity index (χ4n) is 3.68. The van der Waals surface area contributed by atoms with Crippen LogP contribution in [0.25, 0.3) is 10.9 Å². The van der Waals surface area contributed by atoms with E-state index < -0.39 is 10.0 Å². The molecule has 0 saturated heterocycles. The predicted molar refractivity (Wildman–Crippen MR) is 122 cm³/mol. The van der Waals surface area contributed by atoms with Crippen LogP contribution in [0.1, 0.15) is 24.0 Å². The van der Waals surface area contributed by atoms with Crippen molar-refractivity contribution in [3.63, 3.8) is 0 Å². The zero-order chi connectivity index (χ0) is 22.7. The fraction of sp³-hybridized carbons (Fsp3) is 0.125. The molecule has 1 amide bonds. The molecule has 0 bridgehead atoms. The molecule has 0 aliphatic heterocycles. The van der Waals surface area contributed by atoms with Crippen molar-refractivity contribution in [3.05, 3.63) is 95.9 Å². The van der Waals surface area contributed by atoms with E-state index in [2.05, 4.69) is 15.0 Å². The average Bonchev–Trinajstić information content (AvgIpc) is 3.19. The number of H-pyrrole nitrogens is 1. The molecule has 0 saturated carbocycles. The molecule has 3 aromatic carbocycles. The third-order valence-electron chi connectivity index (χ3n) is 5.23. The number of anilines is 1. The summed E-state index contributed by atoms with van der Waals surface area (Å²) in [5.74, 6) is -0.925. The number of aromatic nitrogens is 1. The molecule has 0 unspecified atom stereocenters. The number of sulfonamides is 1. The van der Waals surface area contributed by atoms with E-state index >= 15 is 0 Å². The lowest BCUT2D eigenvalue weighted by atomic mass is 9.91. The second-order valence-corrected chi connectivity index (χ2v) is 9.22. The smallest absolute Gasteiger partial charge is 0.240 e. The molecular weight excluding hydrogens is 429 g/mol. The second kappa shape index (κ2) is 8.94. The van der Waals surface area contributed by atoms with E-state index in [0.29, 0.717) is 5.69 Å². The van der Waals surface area contributed by atoms with Gasteiger partial charge in [0, 0.05) is 42.2 Å². The summed E-state index contributed by atoms with van der Waals surface area (Å²) < 4.78 is 42.0. The molecule has 1 atom stereocenters. The molecule has 1 heterocycles. The number of nitrogens with one attached hydrogen (secondary N) is 3. The molecule has 0 radical (unpaired) electrons. The van der Waals surface area contributed by atoms with Crippen molar-refractivity contribution >= 4 is 32.5 Å². The summed E-state index contributed by atoms with van der Waals surface area (Å²) in [4.78, 5) is 14.5. The van der Waals surface area contributed by atoms with Crippen molar-refractivity contribution in [2.24, 2.45) is 0 Å². The van der Waals surface area contributed by atoms with Crippen molar-refractivity contribution in [1.82, 2.24) is 9.71 Å². The van der Waals surface area contributed by atoms with Gasteiger partial charge in [-0.2, -0.15) is 0 Å². The fourth-order valence-corrected chi connectivity index (χ4v) is 4.73. The molecule has 4 rings (SSSR count). The van der Waals surface area contributed by atoms with Gasteiger partial charge in [-0.25, -0.2) is 17.5 Å². The van der Waals surface area contributed by atoms with Crippen LogP contribution >= 0.6 is 0 Å². The maximum absolute atomic E-state index is 13.5. The maximum atomic E-state index is 13.5. The molecule has 6 nitrogen and oxygen atoms in total. The monoisotopic (exact) mass is 451 g/mol. The Hall–Kier alpha value is -3.49. The first-order valence-corrected chi connectivity index (χ1v) is 11.5. The molecule has 0 aliphatic rings. The Morgan fingerprint density at radius 3 is 2.38 bits per heavy atom. The molecule has 4 aromatic rings. The van der Waals surface area contributed by atoms with E-state index in [9.17, 15) is 17.6 Å². The highest BCUT2D eigenvalue weighted by atomic mass is 32.2. The van der Waals surface area contributed by atoms with E-state index in [0.717, 1.165) is 22.0 Å². The molecule has 0 aliphatic carbocycles. The van der Waals surface area contributed by atoms with Crippen molar-refractivity contribution in [1.29, 1.82) is 0 Å². The normalized spacial score (nSPS) is 12.6. The number of carbonyl (C=O) groups excluding carboxylic acids is 1. The first-order chi connectivity index (χ1) is 15.3. The minimum atomic E-state index is -3.81. The van der Waals surface area contributed by atoms with Crippen LogP contribution in [-0.4, -0.2) is 25.9 Å². The van der Waals surface area contributed by atoms with Crippen LogP contribution in [0, 0.1) is 5.82 Å². The minimum Gasteiger partial charge on any atom is -0.361 e. The Morgan fingerprint density at radius 2 is 1.69 bits per heavy atom. The summed E-state index contributed by atoms with van der Waals surface area (Å²) in [6.45, 7) is 1.47. The predicted octanol–water partition coefficient (Wildman–Crippen LogP) is 4.38. The van der Waals surface area contributed by atoms with Crippen molar-refractivity contribution in [3.8, 4) is 0 Å². The average molecular weight is 452 g/mol. The summed E-state index contributed by atoms with van der Waals surface area (Å²) >= 11 is 0. The van der Waals surface area contributed by atoms with Crippen LogP contribution in [0.3, 0.4) is 0 Å². The van der Waals surface area contributed by atoms with Crippen LogP contribution in [0.5, 0.6) is 0 Å². The number of aromatic amines is 1. The minimum absolute atomic E-state index is 0.0865. The van der Waals surface area contributed by atoms with Gasteiger partial charge in [0.25, 0.3) is 0 Å². The van der Waals surface area contributed by atoms with Gasteiger partial charge in [-0.1, -0.05) is 30.3 Å². The number of benzene rings is 3.